The molecule has 0 heterocycles. The van der Waals surface area contributed by atoms with E-state index in [0.29, 0.717) is 18.9 Å². The highest BCUT2D eigenvalue weighted by Gasteiger charge is 2.28. The van der Waals surface area contributed by atoms with Gasteiger partial charge in [-0.15, -0.1) is 0 Å². The highest BCUT2D eigenvalue weighted by Crippen LogP contribution is 2.38. The van der Waals surface area contributed by atoms with Crippen LogP contribution in [0, 0.1) is 0 Å². The molecule has 3 atom stereocenters. The van der Waals surface area contributed by atoms with Crippen molar-refractivity contribution in [3.63, 3.8) is 0 Å². The fraction of sp³-hybridized carbons (Fsp3) is 0.375. The Hall–Kier alpha value is -3.93. The van der Waals surface area contributed by atoms with Crippen molar-refractivity contribution >= 4 is 5.97 Å². The summed E-state index contributed by atoms with van der Waals surface area (Å²) in [6.45, 7) is 5.87. The predicted molar refractivity (Wildman–Crippen MR) is 181 cm³/mol. The smallest absolute Gasteiger partial charge is 0.333 e. The molecule has 1 aliphatic rings. The fourth-order valence-corrected chi connectivity index (χ4v) is 6.55. The van der Waals surface area contributed by atoms with Gasteiger partial charge in [-0.2, -0.15) is 0 Å². The van der Waals surface area contributed by atoms with Crippen molar-refractivity contribution in [3.8, 4) is 5.75 Å². The number of rotatable bonds is 14. The molecule has 45 heavy (non-hydrogen) atoms. The molecule has 5 nitrogen and oxygen atoms in total. The van der Waals surface area contributed by atoms with E-state index >= 15 is 0 Å². The molecule has 0 aromatic heterocycles. The Morgan fingerprint density at radius 3 is 2.22 bits per heavy atom. The van der Waals surface area contributed by atoms with Crippen LogP contribution in [0.15, 0.2) is 91.0 Å². The van der Waals surface area contributed by atoms with Crippen LogP contribution in [0.4, 0.5) is 0 Å². The molecule has 1 N–H and O–H groups in total. The zero-order chi connectivity index (χ0) is 31.8. The highest BCUT2D eigenvalue weighted by atomic mass is 16.5. The summed E-state index contributed by atoms with van der Waals surface area (Å²) in [4.78, 5) is 13.8. The molecule has 0 amide bonds. The normalized spacial score (nSPS) is 15.5. The van der Waals surface area contributed by atoms with Crippen molar-refractivity contribution in [1.29, 1.82) is 0 Å². The van der Waals surface area contributed by atoms with Gasteiger partial charge in [0, 0.05) is 26.0 Å². The number of ether oxygens (including phenoxy) is 2. The molecular formula is C40H47NO4. The number of hydrogen-bond acceptors (Lipinski definition) is 4. The minimum Gasteiger partial charge on any atom is -0.492 e. The summed E-state index contributed by atoms with van der Waals surface area (Å²) in [5.74, 6) is 0.156. The molecular weight excluding hydrogens is 558 g/mol. The molecule has 0 fully saturated rings. The van der Waals surface area contributed by atoms with Crippen LogP contribution >= 0.6 is 0 Å². The highest BCUT2D eigenvalue weighted by molar-refractivity contribution is 5.72. The third kappa shape index (κ3) is 8.02. The van der Waals surface area contributed by atoms with Gasteiger partial charge in [0.25, 0.3) is 0 Å². The van der Waals surface area contributed by atoms with Gasteiger partial charge in [0.15, 0.2) is 6.10 Å². The van der Waals surface area contributed by atoms with Crippen LogP contribution in [0.1, 0.15) is 83.2 Å². The van der Waals surface area contributed by atoms with E-state index in [2.05, 4.69) is 92.5 Å². The summed E-state index contributed by atoms with van der Waals surface area (Å²) in [6.07, 6.45) is 5.10. The molecule has 4 aromatic carbocycles. The van der Waals surface area contributed by atoms with Gasteiger partial charge in [0.05, 0.1) is 6.04 Å². The van der Waals surface area contributed by atoms with E-state index < -0.39 is 12.1 Å². The number of methoxy groups -OCH3 is 1. The summed E-state index contributed by atoms with van der Waals surface area (Å²) in [5.41, 5.74) is 10.7. The summed E-state index contributed by atoms with van der Waals surface area (Å²) >= 11 is 0. The minimum atomic E-state index is -0.957. The number of carbonyl (C=O) groups is 1. The fourth-order valence-electron chi connectivity index (χ4n) is 6.55. The van der Waals surface area contributed by atoms with Gasteiger partial charge in [-0.25, -0.2) is 4.79 Å². The maximum atomic E-state index is 11.3. The number of nitrogens with zero attached hydrogens (tertiary/aromatic N) is 1. The second-order valence-electron chi connectivity index (χ2n) is 12.4. The van der Waals surface area contributed by atoms with Crippen LogP contribution in [0.25, 0.3) is 0 Å². The Labute approximate surface area is 268 Å². The number of carboxylic acid groups (broad SMARTS) is 1. The number of benzene rings is 4. The van der Waals surface area contributed by atoms with E-state index in [-0.39, 0.29) is 6.04 Å². The van der Waals surface area contributed by atoms with Gasteiger partial charge in [-0.05, 0) is 89.4 Å². The first-order valence-corrected chi connectivity index (χ1v) is 16.3. The van der Waals surface area contributed by atoms with Gasteiger partial charge < -0.3 is 14.6 Å². The third-order valence-corrected chi connectivity index (χ3v) is 9.30. The van der Waals surface area contributed by atoms with E-state index in [1.807, 2.05) is 24.3 Å². The Kier molecular flexibility index (Phi) is 11.1. The van der Waals surface area contributed by atoms with Crippen molar-refractivity contribution in [3.05, 3.63) is 136 Å². The number of hydrogen-bond donors (Lipinski definition) is 1. The molecule has 3 unspecified atom stereocenters. The Balaban J connectivity index is 1.35. The summed E-state index contributed by atoms with van der Waals surface area (Å²) in [7, 11) is 3.63. The zero-order valence-corrected chi connectivity index (χ0v) is 27.2. The number of unbranched alkanes of at least 4 members (excludes halogenated alkanes) is 1. The lowest BCUT2D eigenvalue weighted by Crippen LogP contribution is -2.30. The molecule has 0 saturated carbocycles. The SMILES string of the molecule is CCCCc1ccc2c(c1)CCc1cc(C(C)c3ccccc3)ccc1C2N(C)CCOc1ccc(CC(OC)C(=O)O)cc1. The van der Waals surface area contributed by atoms with E-state index in [1.54, 1.807) is 0 Å². The average molecular weight is 606 g/mol. The van der Waals surface area contributed by atoms with Crippen molar-refractivity contribution in [2.45, 2.75) is 70.4 Å². The second kappa shape index (κ2) is 15.4. The van der Waals surface area contributed by atoms with Crippen LogP contribution in [0.3, 0.4) is 0 Å². The zero-order valence-electron chi connectivity index (χ0n) is 27.2. The number of carboxylic acids is 1. The third-order valence-electron chi connectivity index (χ3n) is 9.30. The quantitative estimate of drug-likeness (QED) is 0.158. The molecule has 0 aliphatic heterocycles. The van der Waals surface area contributed by atoms with Gasteiger partial charge in [0.1, 0.15) is 12.4 Å². The standard InChI is InChI=1S/C40H47NO4/c1-5-6-10-29-15-21-36-33(25-29)16-17-34-27-32(28(2)31-11-8-7-9-12-31)18-22-37(34)39(36)41(3)23-24-45-35-19-13-30(14-20-35)26-38(44-4)40(42)43/h7-9,11-15,18-22,25,27-28,38-39H,5-6,10,16-17,23-24,26H2,1-4H3,(H,42,43). The van der Waals surface area contributed by atoms with Crippen molar-refractivity contribution in [2.24, 2.45) is 0 Å². The first kappa shape index (κ1) is 32.5. The van der Waals surface area contributed by atoms with Crippen LogP contribution in [-0.4, -0.2) is 49.4 Å². The van der Waals surface area contributed by atoms with E-state index in [1.165, 1.54) is 58.9 Å². The van der Waals surface area contributed by atoms with Crippen molar-refractivity contribution in [2.75, 3.05) is 27.3 Å². The monoisotopic (exact) mass is 605 g/mol. The minimum absolute atomic E-state index is 0.145. The second-order valence-corrected chi connectivity index (χ2v) is 12.4. The first-order chi connectivity index (χ1) is 21.9. The molecule has 236 valence electrons. The maximum absolute atomic E-state index is 11.3. The van der Waals surface area contributed by atoms with E-state index in [4.69, 9.17) is 9.47 Å². The topological polar surface area (TPSA) is 59.0 Å². The lowest BCUT2D eigenvalue weighted by molar-refractivity contribution is -0.148. The van der Waals surface area contributed by atoms with E-state index in [0.717, 1.165) is 37.1 Å². The molecule has 1 aliphatic carbocycles. The van der Waals surface area contributed by atoms with Crippen LogP contribution in [0.5, 0.6) is 5.75 Å². The molecule has 0 spiro atoms. The molecule has 5 rings (SSSR count). The van der Waals surface area contributed by atoms with Gasteiger partial charge in [-0.1, -0.05) is 99.1 Å². The number of likely N-dealkylation sites (N-methyl/N-ethyl adjacent to an activating group) is 1. The summed E-state index contributed by atoms with van der Waals surface area (Å²) in [6, 6.07) is 32.9. The Morgan fingerprint density at radius 1 is 0.889 bits per heavy atom. The first-order valence-electron chi connectivity index (χ1n) is 16.3. The molecule has 0 radical (unpaired) electrons. The van der Waals surface area contributed by atoms with Crippen LogP contribution < -0.4 is 4.74 Å². The average Bonchev–Trinajstić information content (AvgIpc) is 3.23. The van der Waals surface area contributed by atoms with Gasteiger partial charge >= 0.3 is 5.97 Å². The molecule has 5 heteroatoms. The lowest BCUT2D eigenvalue weighted by atomic mass is 9.87. The Bertz CT molecular complexity index is 1550. The largest absolute Gasteiger partial charge is 0.492 e. The van der Waals surface area contributed by atoms with E-state index in [9.17, 15) is 9.90 Å². The van der Waals surface area contributed by atoms with Crippen molar-refractivity contribution in [1.82, 2.24) is 4.90 Å². The van der Waals surface area contributed by atoms with Crippen molar-refractivity contribution < 1.29 is 19.4 Å². The molecule has 0 bridgehead atoms. The summed E-state index contributed by atoms with van der Waals surface area (Å²) in [5, 5.41) is 9.28. The number of aliphatic carboxylic acids is 1. The predicted octanol–water partition coefficient (Wildman–Crippen LogP) is 8.02. The van der Waals surface area contributed by atoms with Gasteiger partial charge in [-0.3, -0.25) is 4.90 Å². The lowest BCUT2D eigenvalue weighted by Gasteiger charge is -2.31. The van der Waals surface area contributed by atoms with Crippen LogP contribution in [-0.2, 0) is 35.2 Å². The number of aryl methyl sites for hydroxylation is 3. The maximum Gasteiger partial charge on any atom is 0.333 e. The summed E-state index contributed by atoms with van der Waals surface area (Å²) < 4.78 is 11.3. The number of fused-ring (bicyclic) bond motifs is 2. The molecule has 4 aromatic rings. The Morgan fingerprint density at radius 2 is 1.56 bits per heavy atom. The van der Waals surface area contributed by atoms with Crippen LogP contribution in [0.2, 0.25) is 0 Å². The van der Waals surface area contributed by atoms with Gasteiger partial charge in [0.2, 0.25) is 0 Å². The molecule has 0 saturated heterocycles.